The zero-order valence-electron chi connectivity index (χ0n) is 10.9. The number of carbonyl (C=O) groups is 1. The lowest BCUT2D eigenvalue weighted by molar-refractivity contribution is -0.141. The molecule has 0 unspecified atom stereocenters. The maximum atomic E-state index is 11.4. The molecule has 4 nitrogen and oxygen atoms in total. The summed E-state index contributed by atoms with van der Waals surface area (Å²) >= 11 is 3.48. The van der Waals surface area contributed by atoms with Crippen LogP contribution >= 0.6 is 15.9 Å². The second-order valence-corrected chi connectivity index (χ2v) is 5.33. The molecule has 0 saturated heterocycles. The predicted molar refractivity (Wildman–Crippen MR) is 79.0 cm³/mol. The highest BCUT2D eigenvalue weighted by molar-refractivity contribution is 9.10. The normalized spacial score (nSPS) is 10.9. The van der Waals surface area contributed by atoms with Crippen LogP contribution in [0, 0.1) is 0 Å². The maximum Gasteiger partial charge on any atom is 0.325 e. The third-order valence-corrected chi connectivity index (χ3v) is 3.60. The maximum absolute atomic E-state index is 11.4. The van der Waals surface area contributed by atoms with Gasteiger partial charge in [0.15, 0.2) is 0 Å². The predicted octanol–water partition coefficient (Wildman–Crippen LogP) is 2.47. The molecule has 0 aliphatic rings. The minimum absolute atomic E-state index is 0.233. The van der Waals surface area contributed by atoms with Gasteiger partial charge in [-0.05, 0) is 43.1 Å². The lowest BCUT2D eigenvalue weighted by Crippen LogP contribution is -2.10. The molecule has 1 aromatic heterocycles. The van der Waals surface area contributed by atoms with Crippen LogP contribution in [0.2, 0.25) is 0 Å². The zero-order valence-corrected chi connectivity index (χ0v) is 12.4. The van der Waals surface area contributed by atoms with E-state index in [2.05, 4.69) is 22.0 Å². The van der Waals surface area contributed by atoms with Gasteiger partial charge in [0.05, 0.1) is 7.11 Å². The molecule has 0 atom stereocenters. The number of ether oxygens (including phenoxy) is 1. The standard InChI is InChI=1S/C14H17BrN2O2/c1-19-14(18)9-17-8-10(3-2-6-16)12-7-11(15)4-5-13(12)17/h4-5,7-8H,2-3,6,9,16H2,1H3. The summed E-state index contributed by atoms with van der Waals surface area (Å²) in [6.07, 6.45) is 3.87. The molecule has 2 aromatic rings. The minimum Gasteiger partial charge on any atom is -0.468 e. The van der Waals surface area contributed by atoms with E-state index in [0.29, 0.717) is 6.54 Å². The largest absolute Gasteiger partial charge is 0.468 e. The van der Waals surface area contributed by atoms with Gasteiger partial charge in [0.25, 0.3) is 0 Å². The van der Waals surface area contributed by atoms with E-state index < -0.39 is 0 Å². The third kappa shape index (κ3) is 3.16. The van der Waals surface area contributed by atoms with Crippen molar-refractivity contribution in [3.63, 3.8) is 0 Å². The van der Waals surface area contributed by atoms with Crippen molar-refractivity contribution in [2.24, 2.45) is 5.73 Å². The highest BCUT2D eigenvalue weighted by atomic mass is 79.9. The van der Waals surface area contributed by atoms with Crippen LogP contribution < -0.4 is 5.73 Å². The molecule has 1 aromatic carbocycles. The Morgan fingerprint density at radius 2 is 2.26 bits per heavy atom. The molecular weight excluding hydrogens is 308 g/mol. The molecule has 0 bridgehead atoms. The number of hydrogen-bond donors (Lipinski definition) is 1. The molecular formula is C14H17BrN2O2. The number of nitrogens with zero attached hydrogens (tertiary/aromatic N) is 1. The van der Waals surface area contributed by atoms with Crippen LogP contribution in [0.15, 0.2) is 28.9 Å². The number of aryl methyl sites for hydroxylation is 1. The Balaban J connectivity index is 2.43. The van der Waals surface area contributed by atoms with Crippen LogP contribution in [0.5, 0.6) is 0 Å². The van der Waals surface area contributed by atoms with Crippen LogP contribution in [0.4, 0.5) is 0 Å². The first-order valence-corrected chi connectivity index (χ1v) is 6.99. The van der Waals surface area contributed by atoms with E-state index in [1.807, 2.05) is 22.9 Å². The molecule has 2 N–H and O–H groups in total. The van der Waals surface area contributed by atoms with Crippen molar-refractivity contribution in [2.75, 3.05) is 13.7 Å². The van der Waals surface area contributed by atoms with Crippen molar-refractivity contribution in [1.29, 1.82) is 0 Å². The first-order valence-electron chi connectivity index (χ1n) is 6.20. The van der Waals surface area contributed by atoms with Crippen molar-refractivity contribution in [3.8, 4) is 0 Å². The van der Waals surface area contributed by atoms with E-state index in [-0.39, 0.29) is 12.5 Å². The number of nitrogens with two attached hydrogens (primary N) is 1. The third-order valence-electron chi connectivity index (χ3n) is 3.10. The van der Waals surface area contributed by atoms with Crippen LogP contribution in [0.1, 0.15) is 12.0 Å². The lowest BCUT2D eigenvalue weighted by atomic mass is 10.1. The summed E-state index contributed by atoms with van der Waals surface area (Å²) in [5.74, 6) is -0.245. The van der Waals surface area contributed by atoms with Gasteiger partial charge in [0.1, 0.15) is 6.54 Å². The quantitative estimate of drug-likeness (QED) is 0.859. The molecule has 1 heterocycles. The summed E-state index contributed by atoms with van der Waals surface area (Å²) < 4.78 is 7.69. The summed E-state index contributed by atoms with van der Waals surface area (Å²) in [7, 11) is 1.40. The van der Waals surface area contributed by atoms with Crippen LogP contribution in [0.25, 0.3) is 10.9 Å². The number of methoxy groups -OCH3 is 1. The van der Waals surface area contributed by atoms with Crippen LogP contribution in [0.3, 0.4) is 0 Å². The topological polar surface area (TPSA) is 57.2 Å². The van der Waals surface area contributed by atoms with Gasteiger partial charge in [0, 0.05) is 21.6 Å². The molecule has 19 heavy (non-hydrogen) atoms. The Morgan fingerprint density at radius 1 is 1.47 bits per heavy atom. The Labute approximate surface area is 120 Å². The molecule has 102 valence electrons. The van der Waals surface area contributed by atoms with Crippen molar-refractivity contribution in [1.82, 2.24) is 4.57 Å². The summed E-state index contributed by atoms with van der Waals surface area (Å²) in [4.78, 5) is 11.4. The second kappa shape index (κ2) is 6.21. The number of rotatable bonds is 5. The van der Waals surface area contributed by atoms with Gasteiger partial charge in [-0.15, -0.1) is 0 Å². The van der Waals surface area contributed by atoms with E-state index in [9.17, 15) is 4.79 Å². The lowest BCUT2D eigenvalue weighted by Gasteiger charge is -2.03. The number of aromatic nitrogens is 1. The number of fused-ring (bicyclic) bond motifs is 1. The number of esters is 1. The summed E-state index contributed by atoms with van der Waals surface area (Å²) in [6.45, 7) is 0.898. The minimum atomic E-state index is -0.245. The average molecular weight is 325 g/mol. The molecule has 0 spiro atoms. The van der Waals surface area contributed by atoms with Crippen LogP contribution in [-0.4, -0.2) is 24.2 Å². The Bertz CT molecular complexity index is 592. The zero-order chi connectivity index (χ0) is 13.8. The summed E-state index contributed by atoms with van der Waals surface area (Å²) in [5.41, 5.74) is 7.83. The summed E-state index contributed by atoms with van der Waals surface area (Å²) in [6, 6.07) is 6.06. The van der Waals surface area contributed by atoms with E-state index in [1.54, 1.807) is 0 Å². The molecule has 5 heteroatoms. The fourth-order valence-corrected chi connectivity index (χ4v) is 2.53. The van der Waals surface area contributed by atoms with E-state index in [1.165, 1.54) is 12.7 Å². The molecule has 0 radical (unpaired) electrons. The van der Waals surface area contributed by atoms with Crippen LogP contribution in [-0.2, 0) is 22.5 Å². The van der Waals surface area contributed by atoms with Gasteiger partial charge >= 0.3 is 5.97 Å². The molecule has 2 rings (SSSR count). The van der Waals surface area contributed by atoms with Crippen molar-refractivity contribution >= 4 is 32.8 Å². The highest BCUT2D eigenvalue weighted by Gasteiger charge is 2.11. The fraction of sp³-hybridized carbons (Fsp3) is 0.357. The number of carbonyl (C=O) groups excluding carboxylic acids is 1. The summed E-state index contributed by atoms with van der Waals surface area (Å²) in [5, 5.41) is 1.16. The van der Waals surface area contributed by atoms with E-state index >= 15 is 0 Å². The molecule has 0 amide bonds. The average Bonchev–Trinajstić information content (AvgIpc) is 2.73. The van der Waals surface area contributed by atoms with Crippen molar-refractivity contribution in [2.45, 2.75) is 19.4 Å². The first kappa shape index (κ1) is 14.1. The Kier molecular flexibility index (Phi) is 4.61. The smallest absolute Gasteiger partial charge is 0.325 e. The number of hydrogen-bond acceptors (Lipinski definition) is 3. The first-order chi connectivity index (χ1) is 9.15. The van der Waals surface area contributed by atoms with Gasteiger partial charge < -0.3 is 15.0 Å². The Hall–Kier alpha value is -1.33. The molecule has 0 aliphatic carbocycles. The van der Waals surface area contributed by atoms with Gasteiger partial charge in [-0.25, -0.2) is 0 Å². The SMILES string of the molecule is COC(=O)Cn1cc(CCCN)c2cc(Br)ccc21. The molecule has 0 aliphatic heterocycles. The highest BCUT2D eigenvalue weighted by Crippen LogP contribution is 2.26. The second-order valence-electron chi connectivity index (χ2n) is 4.41. The van der Waals surface area contributed by atoms with E-state index in [0.717, 1.165) is 28.2 Å². The monoisotopic (exact) mass is 324 g/mol. The number of halogens is 1. The fourth-order valence-electron chi connectivity index (χ4n) is 2.17. The molecule has 0 saturated carbocycles. The van der Waals surface area contributed by atoms with Gasteiger partial charge in [-0.2, -0.15) is 0 Å². The van der Waals surface area contributed by atoms with E-state index in [4.69, 9.17) is 10.5 Å². The van der Waals surface area contributed by atoms with Gasteiger partial charge in [-0.1, -0.05) is 15.9 Å². The van der Waals surface area contributed by atoms with Crippen molar-refractivity contribution < 1.29 is 9.53 Å². The molecule has 0 fully saturated rings. The van der Waals surface area contributed by atoms with Gasteiger partial charge in [0.2, 0.25) is 0 Å². The Morgan fingerprint density at radius 3 is 2.95 bits per heavy atom. The van der Waals surface area contributed by atoms with Gasteiger partial charge in [-0.3, -0.25) is 4.79 Å². The van der Waals surface area contributed by atoms with Crippen molar-refractivity contribution in [3.05, 3.63) is 34.4 Å². The number of benzene rings is 1.